The summed E-state index contributed by atoms with van der Waals surface area (Å²) in [6.45, 7) is 1.76. The number of carbonyl (C=O) groups excluding carboxylic acids is 1. The van der Waals surface area contributed by atoms with E-state index < -0.39 is 17.9 Å². The summed E-state index contributed by atoms with van der Waals surface area (Å²) in [6, 6.07) is 5.38. The molecule has 0 aliphatic heterocycles. The molecule has 6 nitrogen and oxygen atoms in total. The van der Waals surface area contributed by atoms with Gasteiger partial charge in [-0.2, -0.15) is 0 Å². The summed E-state index contributed by atoms with van der Waals surface area (Å²) in [5, 5.41) is 20.5. The van der Waals surface area contributed by atoms with Crippen molar-refractivity contribution in [1.29, 1.82) is 0 Å². The average molecular weight is 266 g/mol. The molecule has 0 saturated heterocycles. The lowest BCUT2D eigenvalue weighted by atomic mass is 10.1. The molecule has 104 valence electrons. The summed E-state index contributed by atoms with van der Waals surface area (Å²) in [6.07, 6.45) is -0.0526. The van der Waals surface area contributed by atoms with Crippen molar-refractivity contribution in [2.24, 2.45) is 5.73 Å². The van der Waals surface area contributed by atoms with E-state index in [9.17, 15) is 14.7 Å². The number of aromatic hydroxyl groups is 1. The smallest absolute Gasteiger partial charge is 0.303 e. The van der Waals surface area contributed by atoms with Crippen molar-refractivity contribution in [2.75, 3.05) is 0 Å². The molecule has 6 heteroatoms. The third-order valence-electron chi connectivity index (χ3n) is 2.73. The molecule has 1 aromatic carbocycles. The number of rotatable bonds is 6. The van der Waals surface area contributed by atoms with Crippen molar-refractivity contribution in [2.45, 2.75) is 31.8 Å². The number of phenols is 1. The van der Waals surface area contributed by atoms with Crippen LogP contribution in [0.3, 0.4) is 0 Å². The van der Waals surface area contributed by atoms with Gasteiger partial charge in [0.2, 0.25) is 5.91 Å². The summed E-state index contributed by atoms with van der Waals surface area (Å²) < 4.78 is 0. The van der Waals surface area contributed by atoms with Crippen LogP contribution in [-0.4, -0.2) is 28.1 Å². The molecule has 0 aliphatic carbocycles. The maximum absolute atomic E-state index is 11.7. The summed E-state index contributed by atoms with van der Waals surface area (Å²) in [5.74, 6) is -1.27. The monoisotopic (exact) mass is 266 g/mol. The molecule has 0 fully saturated rings. The zero-order chi connectivity index (χ0) is 14.4. The number of carboxylic acids is 1. The van der Waals surface area contributed by atoms with Crippen LogP contribution < -0.4 is 11.1 Å². The number of benzene rings is 1. The highest BCUT2D eigenvalue weighted by Crippen LogP contribution is 2.17. The molecule has 5 N–H and O–H groups in total. The third-order valence-corrected chi connectivity index (χ3v) is 2.73. The van der Waals surface area contributed by atoms with Crippen molar-refractivity contribution in [3.63, 3.8) is 0 Å². The fourth-order valence-corrected chi connectivity index (χ4v) is 1.61. The van der Waals surface area contributed by atoms with Gasteiger partial charge in [0.25, 0.3) is 0 Å². The van der Waals surface area contributed by atoms with E-state index in [1.54, 1.807) is 25.1 Å². The standard InChI is InChI=1S/C13H18N2O4/c1-8(9-3-2-4-10(16)7-9)15-13(19)11(14)5-6-12(17)18/h2-4,7-8,11,16H,5-6,14H2,1H3,(H,15,19)(H,17,18). The highest BCUT2D eigenvalue weighted by molar-refractivity contribution is 5.82. The van der Waals surface area contributed by atoms with Crippen LogP contribution in [0.25, 0.3) is 0 Å². The molecule has 1 rings (SSSR count). The molecule has 0 heterocycles. The van der Waals surface area contributed by atoms with E-state index in [-0.39, 0.29) is 24.6 Å². The van der Waals surface area contributed by atoms with E-state index in [0.717, 1.165) is 5.56 Å². The van der Waals surface area contributed by atoms with Crippen LogP contribution in [0.15, 0.2) is 24.3 Å². The summed E-state index contributed by atoms with van der Waals surface area (Å²) in [5.41, 5.74) is 6.35. The Bertz CT molecular complexity index is 462. The van der Waals surface area contributed by atoms with Gasteiger partial charge in [-0.05, 0) is 31.0 Å². The molecule has 1 amide bonds. The number of aliphatic carboxylic acids is 1. The number of amides is 1. The second-order valence-corrected chi connectivity index (χ2v) is 4.36. The molecule has 0 radical (unpaired) electrons. The fourth-order valence-electron chi connectivity index (χ4n) is 1.61. The van der Waals surface area contributed by atoms with Crippen molar-refractivity contribution in [3.05, 3.63) is 29.8 Å². The molecule has 1 aromatic rings. The third kappa shape index (κ3) is 4.97. The Labute approximate surface area is 111 Å². The molecule has 19 heavy (non-hydrogen) atoms. The minimum Gasteiger partial charge on any atom is -0.508 e. The molecule has 0 saturated carbocycles. The lowest BCUT2D eigenvalue weighted by Gasteiger charge is -2.17. The van der Waals surface area contributed by atoms with Crippen LogP contribution in [-0.2, 0) is 9.59 Å². The van der Waals surface area contributed by atoms with Crippen molar-refractivity contribution < 1.29 is 19.8 Å². The van der Waals surface area contributed by atoms with E-state index in [2.05, 4.69) is 5.32 Å². The number of phenolic OH excluding ortho intramolecular Hbond substituents is 1. The normalized spacial score (nSPS) is 13.6. The zero-order valence-corrected chi connectivity index (χ0v) is 10.7. The molecule has 0 aliphatic rings. The van der Waals surface area contributed by atoms with Gasteiger partial charge in [-0.25, -0.2) is 0 Å². The van der Waals surface area contributed by atoms with Crippen LogP contribution >= 0.6 is 0 Å². The number of carboxylic acid groups (broad SMARTS) is 1. The van der Waals surface area contributed by atoms with Crippen LogP contribution in [0, 0.1) is 0 Å². The summed E-state index contributed by atoms with van der Waals surface area (Å²) in [7, 11) is 0. The van der Waals surface area contributed by atoms with Crippen LogP contribution in [0.5, 0.6) is 5.75 Å². The quantitative estimate of drug-likeness (QED) is 0.607. The predicted molar refractivity (Wildman–Crippen MR) is 69.5 cm³/mol. The first-order valence-electron chi connectivity index (χ1n) is 5.97. The Balaban J connectivity index is 2.54. The number of carbonyl (C=O) groups is 2. The number of nitrogens with two attached hydrogens (primary N) is 1. The molecular weight excluding hydrogens is 248 g/mol. The Morgan fingerprint density at radius 3 is 2.68 bits per heavy atom. The topological polar surface area (TPSA) is 113 Å². The van der Waals surface area contributed by atoms with Gasteiger partial charge >= 0.3 is 5.97 Å². The molecule has 0 spiro atoms. The first-order chi connectivity index (χ1) is 8.90. The highest BCUT2D eigenvalue weighted by Gasteiger charge is 2.17. The SMILES string of the molecule is CC(NC(=O)C(N)CCC(=O)O)c1cccc(O)c1. The lowest BCUT2D eigenvalue weighted by molar-refractivity contribution is -0.137. The first kappa shape index (κ1) is 15.0. The molecule has 2 atom stereocenters. The van der Waals surface area contributed by atoms with Crippen molar-refractivity contribution in [1.82, 2.24) is 5.32 Å². The van der Waals surface area contributed by atoms with Gasteiger partial charge in [0.05, 0.1) is 12.1 Å². The molecule has 0 aromatic heterocycles. The highest BCUT2D eigenvalue weighted by atomic mass is 16.4. The average Bonchev–Trinajstić information content (AvgIpc) is 2.35. The van der Waals surface area contributed by atoms with E-state index in [4.69, 9.17) is 10.8 Å². The zero-order valence-electron chi connectivity index (χ0n) is 10.7. The minimum atomic E-state index is -0.982. The number of nitrogens with one attached hydrogen (secondary N) is 1. The van der Waals surface area contributed by atoms with Gasteiger partial charge < -0.3 is 21.3 Å². The maximum atomic E-state index is 11.7. The maximum Gasteiger partial charge on any atom is 0.303 e. The van der Waals surface area contributed by atoms with Gasteiger partial charge in [-0.3, -0.25) is 9.59 Å². The van der Waals surface area contributed by atoms with E-state index >= 15 is 0 Å². The molecule has 0 bridgehead atoms. The van der Waals surface area contributed by atoms with Gasteiger partial charge in [0, 0.05) is 6.42 Å². The van der Waals surface area contributed by atoms with Crippen LogP contribution in [0.2, 0.25) is 0 Å². The fraction of sp³-hybridized carbons (Fsp3) is 0.385. The van der Waals surface area contributed by atoms with E-state index in [1.807, 2.05) is 0 Å². The number of hydrogen-bond acceptors (Lipinski definition) is 4. The van der Waals surface area contributed by atoms with Crippen molar-refractivity contribution >= 4 is 11.9 Å². The van der Waals surface area contributed by atoms with Crippen molar-refractivity contribution in [3.8, 4) is 5.75 Å². The van der Waals surface area contributed by atoms with Gasteiger partial charge in [-0.1, -0.05) is 12.1 Å². The van der Waals surface area contributed by atoms with Gasteiger partial charge in [0.15, 0.2) is 0 Å². The van der Waals surface area contributed by atoms with Gasteiger partial charge in [-0.15, -0.1) is 0 Å². The minimum absolute atomic E-state index is 0.0912. The van der Waals surface area contributed by atoms with Gasteiger partial charge in [0.1, 0.15) is 5.75 Å². The molecular formula is C13H18N2O4. The number of hydrogen-bond donors (Lipinski definition) is 4. The van der Waals surface area contributed by atoms with Crippen LogP contribution in [0.4, 0.5) is 0 Å². The Hall–Kier alpha value is -2.08. The lowest BCUT2D eigenvalue weighted by Crippen LogP contribution is -2.41. The molecule has 2 unspecified atom stereocenters. The largest absolute Gasteiger partial charge is 0.508 e. The second kappa shape index (κ2) is 6.75. The summed E-state index contributed by atoms with van der Waals surface area (Å²) in [4.78, 5) is 22.1. The first-order valence-corrected chi connectivity index (χ1v) is 5.97. The predicted octanol–water partition coefficient (Wildman–Crippen LogP) is 0.761. The van der Waals surface area contributed by atoms with Crippen LogP contribution in [0.1, 0.15) is 31.4 Å². The van der Waals surface area contributed by atoms with E-state index in [0.29, 0.717) is 0 Å². The second-order valence-electron chi connectivity index (χ2n) is 4.36. The Morgan fingerprint density at radius 1 is 1.42 bits per heavy atom. The Kier molecular flexibility index (Phi) is 5.32. The Morgan fingerprint density at radius 2 is 2.11 bits per heavy atom. The summed E-state index contributed by atoms with van der Waals surface area (Å²) >= 11 is 0. The van der Waals surface area contributed by atoms with E-state index in [1.165, 1.54) is 6.07 Å².